The first-order chi connectivity index (χ1) is 12.5. The number of piperidine rings is 1. The summed E-state index contributed by atoms with van der Waals surface area (Å²) in [5.41, 5.74) is 0.892. The molecule has 1 saturated heterocycles. The van der Waals surface area contributed by atoms with Gasteiger partial charge in [-0.05, 0) is 56.1 Å². The molecule has 0 bridgehead atoms. The lowest BCUT2D eigenvalue weighted by atomic mass is 9.99. The molecule has 0 unspecified atom stereocenters. The van der Waals surface area contributed by atoms with Crippen LogP contribution in [0.25, 0.3) is 0 Å². The molecule has 0 N–H and O–H groups in total. The third-order valence-corrected chi connectivity index (χ3v) is 7.12. The fourth-order valence-electron chi connectivity index (χ4n) is 3.74. The van der Waals surface area contributed by atoms with E-state index in [-0.39, 0.29) is 15.7 Å². The van der Waals surface area contributed by atoms with Gasteiger partial charge in [0.15, 0.2) is 0 Å². The molecule has 2 heterocycles. The zero-order valence-electron chi connectivity index (χ0n) is 14.8. The number of carbonyl (C=O) groups is 1. The van der Waals surface area contributed by atoms with Crippen molar-refractivity contribution in [1.82, 2.24) is 4.90 Å². The van der Waals surface area contributed by atoms with Crippen molar-refractivity contribution in [3.63, 3.8) is 0 Å². The maximum Gasteiger partial charge on any atom is 0.245 e. The van der Waals surface area contributed by atoms with Crippen LogP contribution < -0.4 is 4.90 Å². The lowest BCUT2D eigenvalue weighted by Gasteiger charge is -2.34. The van der Waals surface area contributed by atoms with Crippen LogP contribution in [0, 0.1) is 5.92 Å². The SMILES string of the molecule is CC1CCN(CC(=O)N2c3ccccc3S(=O)(=O)c3ccccc32)CC1. The number of likely N-dealkylation sites (tertiary alicyclic amines) is 1. The minimum absolute atomic E-state index is 0.0886. The first-order valence-electron chi connectivity index (χ1n) is 8.97. The minimum Gasteiger partial charge on any atom is -0.294 e. The smallest absolute Gasteiger partial charge is 0.245 e. The van der Waals surface area contributed by atoms with Crippen molar-refractivity contribution in [2.75, 3.05) is 24.5 Å². The highest BCUT2D eigenvalue weighted by Crippen LogP contribution is 2.43. The van der Waals surface area contributed by atoms with Gasteiger partial charge >= 0.3 is 0 Å². The van der Waals surface area contributed by atoms with Gasteiger partial charge in [-0.1, -0.05) is 31.2 Å². The van der Waals surface area contributed by atoms with Gasteiger partial charge in [0, 0.05) is 0 Å². The maximum atomic E-state index is 13.2. The lowest BCUT2D eigenvalue weighted by molar-refractivity contribution is -0.119. The lowest BCUT2D eigenvalue weighted by Crippen LogP contribution is -2.43. The molecule has 2 aliphatic heterocycles. The van der Waals surface area contributed by atoms with Crippen molar-refractivity contribution < 1.29 is 13.2 Å². The van der Waals surface area contributed by atoms with Crippen LogP contribution in [0.2, 0.25) is 0 Å². The Morgan fingerprint density at radius 1 is 0.962 bits per heavy atom. The summed E-state index contributed by atoms with van der Waals surface area (Å²) in [7, 11) is -3.62. The van der Waals surface area contributed by atoms with Crippen LogP contribution in [0.1, 0.15) is 19.8 Å². The molecule has 5 nitrogen and oxygen atoms in total. The Hall–Kier alpha value is -2.18. The summed E-state index contributed by atoms with van der Waals surface area (Å²) < 4.78 is 25.9. The molecule has 1 amide bonds. The van der Waals surface area contributed by atoms with E-state index in [1.54, 1.807) is 53.4 Å². The second kappa shape index (κ2) is 6.52. The molecule has 1 fully saturated rings. The Morgan fingerprint density at radius 2 is 1.46 bits per heavy atom. The quantitative estimate of drug-likeness (QED) is 0.814. The fraction of sp³-hybridized carbons (Fsp3) is 0.350. The Labute approximate surface area is 154 Å². The number of hydrogen-bond acceptors (Lipinski definition) is 4. The van der Waals surface area contributed by atoms with E-state index in [2.05, 4.69) is 11.8 Å². The van der Waals surface area contributed by atoms with Gasteiger partial charge in [-0.3, -0.25) is 14.6 Å². The monoisotopic (exact) mass is 370 g/mol. The molecule has 0 saturated carbocycles. The number of fused-ring (bicyclic) bond motifs is 2. The van der Waals surface area contributed by atoms with E-state index >= 15 is 0 Å². The van der Waals surface area contributed by atoms with Crippen molar-refractivity contribution >= 4 is 27.1 Å². The van der Waals surface area contributed by atoms with Crippen molar-refractivity contribution in [3.05, 3.63) is 48.5 Å². The number of sulfone groups is 1. The van der Waals surface area contributed by atoms with E-state index in [1.807, 2.05) is 0 Å². The molecule has 4 rings (SSSR count). The van der Waals surface area contributed by atoms with E-state index in [0.717, 1.165) is 25.9 Å². The molecule has 2 aromatic rings. The summed E-state index contributed by atoms with van der Waals surface area (Å²) in [6.07, 6.45) is 2.18. The predicted octanol–water partition coefficient (Wildman–Crippen LogP) is 3.23. The van der Waals surface area contributed by atoms with Crippen LogP contribution in [-0.2, 0) is 14.6 Å². The first kappa shape index (κ1) is 17.2. The Morgan fingerprint density at radius 3 is 2.00 bits per heavy atom. The maximum absolute atomic E-state index is 13.2. The van der Waals surface area contributed by atoms with Gasteiger partial charge in [0.05, 0.1) is 27.7 Å². The van der Waals surface area contributed by atoms with Crippen molar-refractivity contribution in [2.24, 2.45) is 5.92 Å². The van der Waals surface area contributed by atoms with Gasteiger partial charge in [-0.15, -0.1) is 0 Å². The molecule has 2 aromatic carbocycles. The number of benzene rings is 2. The summed E-state index contributed by atoms with van der Waals surface area (Å²) in [6, 6.07) is 13.5. The number of anilines is 2. The fourth-order valence-corrected chi connectivity index (χ4v) is 5.36. The molecular weight excluding hydrogens is 348 g/mol. The Kier molecular flexibility index (Phi) is 4.32. The summed E-state index contributed by atoms with van der Waals surface area (Å²) in [6.45, 7) is 4.35. The van der Waals surface area contributed by atoms with Gasteiger partial charge in [0.1, 0.15) is 0 Å². The van der Waals surface area contributed by atoms with E-state index in [9.17, 15) is 13.2 Å². The molecule has 2 aliphatic rings. The van der Waals surface area contributed by atoms with Crippen molar-refractivity contribution in [1.29, 1.82) is 0 Å². The van der Waals surface area contributed by atoms with Gasteiger partial charge in [0.25, 0.3) is 0 Å². The number of nitrogens with zero attached hydrogens (tertiary/aromatic N) is 2. The van der Waals surface area contributed by atoms with Crippen LogP contribution in [0.4, 0.5) is 11.4 Å². The summed E-state index contributed by atoms with van der Waals surface area (Å²) in [5, 5.41) is 0. The van der Waals surface area contributed by atoms with Crippen molar-refractivity contribution in [2.45, 2.75) is 29.6 Å². The van der Waals surface area contributed by atoms with Gasteiger partial charge in [-0.25, -0.2) is 8.42 Å². The average molecular weight is 370 g/mol. The highest BCUT2D eigenvalue weighted by atomic mass is 32.2. The molecule has 0 atom stereocenters. The molecule has 6 heteroatoms. The van der Waals surface area contributed by atoms with Gasteiger partial charge in [0.2, 0.25) is 15.7 Å². The van der Waals surface area contributed by atoms with Crippen LogP contribution in [-0.4, -0.2) is 38.9 Å². The van der Waals surface area contributed by atoms with E-state index in [1.165, 1.54) is 0 Å². The number of amides is 1. The zero-order chi connectivity index (χ0) is 18.3. The average Bonchev–Trinajstić information content (AvgIpc) is 2.64. The predicted molar refractivity (Wildman–Crippen MR) is 100 cm³/mol. The largest absolute Gasteiger partial charge is 0.294 e. The second-order valence-corrected chi connectivity index (χ2v) is 9.01. The number of rotatable bonds is 2. The molecule has 0 spiro atoms. The Bertz CT molecular complexity index is 894. The van der Waals surface area contributed by atoms with Crippen molar-refractivity contribution in [3.8, 4) is 0 Å². The highest BCUT2D eigenvalue weighted by molar-refractivity contribution is 7.92. The van der Waals surface area contributed by atoms with E-state index in [4.69, 9.17) is 0 Å². The summed E-state index contributed by atoms with van der Waals surface area (Å²) >= 11 is 0. The number of para-hydroxylation sites is 2. The highest BCUT2D eigenvalue weighted by Gasteiger charge is 2.36. The van der Waals surface area contributed by atoms with Crippen LogP contribution in [0.3, 0.4) is 0 Å². The Balaban J connectivity index is 1.73. The van der Waals surface area contributed by atoms with Gasteiger partial charge in [-0.2, -0.15) is 0 Å². The zero-order valence-corrected chi connectivity index (χ0v) is 15.6. The van der Waals surface area contributed by atoms with E-state index in [0.29, 0.717) is 23.8 Å². The molecule has 26 heavy (non-hydrogen) atoms. The topological polar surface area (TPSA) is 57.7 Å². The van der Waals surface area contributed by atoms with Crippen LogP contribution in [0.5, 0.6) is 0 Å². The van der Waals surface area contributed by atoms with E-state index < -0.39 is 9.84 Å². The second-order valence-electron chi connectivity index (χ2n) is 7.13. The number of carbonyl (C=O) groups excluding carboxylic acids is 1. The van der Waals surface area contributed by atoms with Gasteiger partial charge < -0.3 is 0 Å². The summed E-state index contributed by atoms with van der Waals surface area (Å²) in [4.78, 5) is 17.3. The number of hydrogen-bond donors (Lipinski definition) is 0. The van der Waals surface area contributed by atoms with Crippen LogP contribution >= 0.6 is 0 Å². The molecule has 0 aromatic heterocycles. The molecule has 0 aliphatic carbocycles. The third kappa shape index (κ3) is 2.83. The molecule has 0 radical (unpaired) electrons. The molecular formula is C20H22N2O3S. The first-order valence-corrected chi connectivity index (χ1v) is 10.5. The standard InChI is InChI=1S/C20H22N2O3S/c1-15-10-12-21(13-11-15)14-20(23)22-16-6-2-4-8-18(16)26(24,25)19-9-5-3-7-17(19)22/h2-9,15H,10-14H2,1H3. The minimum atomic E-state index is -3.62. The third-order valence-electron chi connectivity index (χ3n) is 5.28. The van der Waals surface area contributed by atoms with Crippen LogP contribution in [0.15, 0.2) is 58.3 Å². The normalized spacial score (nSPS) is 19.7. The molecule has 136 valence electrons. The summed E-state index contributed by atoms with van der Waals surface area (Å²) in [5.74, 6) is 0.609.